The quantitative estimate of drug-likeness (QED) is 0.738. The first kappa shape index (κ1) is 11.5. The molecule has 5 nitrogen and oxygen atoms in total. The molecule has 2 N–H and O–H groups in total. The molecule has 19 heavy (non-hydrogen) atoms. The van der Waals surface area contributed by atoms with Gasteiger partial charge in [-0.1, -0.05) is 17.3 Å². The standard InChI is InChI=1S/C14H12N2O3/c1-7-4-3-5-9-12(7)13(8(2)15-9)10-6-11(14(17)18)19-16-10/h3-6,15H,1-2H3,(H,17,18). The molecular weight excluding hydrogens is 244 g/mol. The number of aryl methyl sites for hydroxylation is 2. The van der Waals surface area contributed by atoms with E-state index in [4.69, 9.17) is 9.63 Å². The molecule has 2 heterocycles. The van der Waals surface area contributed by atoms with Crippen LogP contribution < -0.4 is 0 Å². The zero-order valence-electron chi connectivity index (χ0n) is 10.5. The van der Waals surface area contributed by atoms with Gasteiger partial charge in [-0.15, -0.1) is 0 Å². The highest BCUT2D eigenvalue weighted by Gasteiger charge is 2.18. The lowest BCUT2D eigenvalue weighted by molar-refractivity contribution is 0.0652. The fraction of sp³-hybridized carbons (Fsp3) is 0.143. The van der Waals surface area contributed by atoms with Gasteiger partial charge in [0.05, 0.1) is 0 Å². The topological polar surface area (TPSA) is 79.1 Å². The van der Waals surface area contributed by atoms with Crippen LogP contribution in [0.4, 0.5) is 0 Å². The maximum absolute atomic E-state index is 10.9. The minimum absolute atomic E-state index is 0.155. The van der Waals surface area contributed by atoms with E-state index in [0.29, 0.717) is 5.69 Å². The van der Waals surface area contributed by atoms with Gasteiger partial charge in [-0.3, -0.25) is 0 Å². The second-order valence-electron chi connectivity index (χ2n) is 4.50. The van der Waals surface area contributed by atoms with Crippen LogP contribution in [0.25, 0.3) is 22.2 Å². The Bertz CT molecular complexity index is 783. The molecule has 3 aromatic rings. The lowest BCUT2D eigenvalue weighted by Crippen LogP contribution is -1.91. The minimum Gasteiger partial charge on any atom is -0.475 e. The Morgan fingerprint density at radius 2 is 2.16 bits per heavy atom. The summed E-state index contributed by atoms with van der Waals surface area (Å²) in [7, 11) is 0. The molecule has 0 bridgehead atoms. The number of aromatic nitrogens is 2. The average Bonchev–Trinajstić information content (AvgIpc) is 2.93. The van der Waals surface area contributed by atoms with Crippen molar-refractivity contribution in [3.05, 3.63) is 41.3 Å². The van der Waals surface area contributed by atoms with Gasteiger partial charge in [0, 0.05) is 28.2 Å². The number of nitrogens with one attached hydrogen (secondary N) is 1. The Morgan fingerprint density at radius 1 is 1.37 bits per heavy atom. The third-order valence-electron chi connectivity index (χ3n) is 3.20. The van der Waals surface area contributed by atoms with Crippen LogP contribution in [0.3, 0.4) is 0 Å². The summed E-state index contributed by atoms with van der Waals surface area (Å²) in [4.78, 5) is 14.1. The van der Waals surface area contributed by atoms with E-state index in [9.17, 15) is 4.79 Å². The van der Waals surface area contributed by atoms with Crippen LogP contribution in [0.1, 0.15) is 21.8 Å². The summed E-state index contributed by atoms with van der Waals surface area (Å²) in [6, 6.07) is 7.42. The average molecular weight is 256 g/mol. The first-order valence-electron chi connectivity index (χ1n) is 5.86. The number of fused-ring (bicyclic) bond motifs is 1. The number of rotatable bonds is 2. The Morgan fingerprint density at radius 3 is 2.84 bits per heavy atom. The van der Waals surface area contributed by atoms with Gasteiger partial charge in [0.1, 0.15) is 5.69 Å². The van der Waals surface area contributed by atoms with Crippen LogP contribution in [-0.4, -0.2) is 21.2 Å². The van der Waals surface area contributed by atoms with Crippen molar-refractivity contribution >= 4 is 16.9 Å². The minimum atomic E-state index is -1.12. The lowest BCUT2D eigenvalue weighted by Gasteiger charge is -1.99. The van der Waals surface area contributed by atoms with Gasteiger partial charge in [0.25, 0.3) is 0 Å². The fourth-order valence-electron chi connectivity index (χ4n) is 2.37. The summed E-state index contributed by atoms with van der Waals surface area (Å²) in [6.07, 6.45) is 0. The van der Waals surface area contributed by atoms with E-state index in [1.54, 1.807) is 0 Å². The maximum atomic E-state index is 10.9. The van der Waals surface area contributed by atoms with Gasteiger partial charge in [-0.25, -0.2) is 4.79 Å². The van der Waals surface area contributed by atoms with Crippen molar-refractivity contribution in [1.82, 2.24) is 10.1 Å². The zero-order valence-corrected chi connectivity index (χ0v) is 10.5. The summed E-state index contributed by atoms with van der Waals surface area (Å²) in [5.41, 5.74) is 4.48. The molecule has 0 saturated carbocycles. The van der Waals surface area contributed by atoms with E-state index in [1.807, 2.05) is 32.0 Å². The van der Waals surface area contributed by atoms with Gasteiger partial charge in [-0.05, 0) is 25.5 Å². The fourth-order valence-corrected chi connectivity index (χ4v) is 2.37. The molecule has 2 aromatic heterocycles. The van der Waals surface area contributed by atoms with E-state index < -0.39 is 5.97 Å². The lowest BCUT2D eigenvalue weighted by atomic mass is 10.0. The number of benzene rings is 1. The van der Waals surface area contributed by atoms with E-state index in [-0.39, 0.29) is 5.76 Å². The van der Waals surface area contributed by atoms with E-state index >= 15 is 0 Å². The molecule has 96 valence electrons. The zero-order chi connectivity index (χ0) is 13.6. The second-order valence-corrected chi connectivity index (χ2v) is 4.50. The predicted molar refractivity (Wildman–Crippen MR) is 70.2 cm³/mol. The van der Waals surface area contributed by atoms with Crippen molar-refractivity contribution in [2.75, 3.05) is 0 Å². The van der Waals surface area contributed by atoms with Crippen LogP contribution >= 0.6 is 0 Å². The molecule has 0 fully saturated rings. The van der Waals surface area contributed by atoms with Gasteiger partial charge < -0.3 is 14.6 Å². The van der Waals surface area contributed by atoms with Crippen molar-refractivity contribution in [3.8, 4) is 11.3 Å². The predicted octanol–water partition coefficient (Wildman–Crippen LogP) is 3.14. The number of carbonyl (C=O) groups is 1. The normalized spacial score (nSPS) is 11.1. The highest BCUT2D eigenvalue weighted by Crippen LogP contribution is 2.33. The molecule has 0 aliphatic carbocycles. The van der Waals surface area contributed by atoms with E-state index in [1.165, 1.54) is 6.07 Å². The van der Waals surface area contributed by atoms with Crippen molar-refractivity contribution in [1.29, 1.82) is 0 Å². The number of H-pyrrole nitrogens is 1. The van der Waals surface area contributed by atoms with Gasteiger partial charge >= 0.3 is 5.97 Å². The SMILES string of the molecule is Cc1[nH]c2cccc(C)c2c1-c1cc(C(=O)O)on1. The van der Waals surface area contributed by atoms with Crippen molar-refractivity contribution < 1.29 is 14.4 Å². The Hall–Kier alpha value is -2.56. The number of carboxylic acid groups (broad SMARTS) is 1. The number of nitrogens with zero attached hydrogens (tertiary/aromatic N) is 1. The van der Waals surface area contributed by atoms with Crippen LogP contribution in [0, 0.1) is 13.8 Å². The maximum Gasteiger partial charge on any atom is 0.374 e. The molecule has 0 unspecified atom stereocenters. The summed E-state index contributed by atoms with van der Waals surface area (Å²) in [5.74, 6) is -1.27. The third kappa shape index (κ3) is 1.71. The summed E-state index contributed by atoms with van der Waals surface area (Å²) in [6.45, 7) is 3.95. The van der Waals surface area contributed by atoms with Gasteiger partial charge in [0.15, 0.2) is 0 Å². The number of aromatic amines is 1. The van der Waals surface area contributed by atoms with Crippen LogP contribution in [0.2, 0.25) is 0 Å². The van der Waals surface area contributed by atoms with E-state index in [0.717, 1.165) is 27.7 Å². The Labute approximate surface area is 108 Å². The summed E-state index contributed by atoms with van der Waals surface area (Å²) >= 11 is 0. The molecule has 5 heteroatoms. The molecule has 3 rings (SSSR count). The molecule has 0 spiro atoms. The molecule has 0 amide bonds. The molecule has 0 atom stereocenters. The second kappa shape index (κ2) is 3.98. The third-order valence-corrected chi connectivity index (χ3v) is 3.20. The molecular formula is C14H12N2O3. The van der Waals surface area contributed by atoms with Crippen molar-refractivity contribution in [2.24, 2.45) is 0 Å². The summed E-state index contributed by atoms with van der Waals surface area (Å²) in [5, 5.41) is 13.8. The number of hydrogen-bond acceptors (Lipinski definition) is 3. The number of carboxylic acids is 1. The van der Waals surface area contributed by atoms with Crippen LogP contribution in [0.5, 0.6) is 0 Å². The molecule has 0 radical (unpaired) electrons. The van der Waals surface area contributed by atoms with Crippen LogP contribution in [-0.2, 0) is 0 Å². The monoisotopic (exact) mass is 256 g/mol. The smallest absolute Gasteiger partial charge is 0.374 e. The molecule has 0 aliphatic rings. The number of aromatic carboxylic acids is 1. The first-order valence-corrected chi connectivity index (χ1v) is 5.86. The highest BCUT2D eigenvalue weighted by molar-refractivity contribution is 5.99. The molecule has 0 aliphatic heterocycles. The van der Waals surface area contributed by atoms with Gasteiger partial charge in [-0.2, -0.15) is 0 Å². The van der Waals surface area contributed by atoms with E-state index in [2.05, 4.69) is 10.1 Å². The largest absolute Gasteiger partial charge is 0.475 e. The first-order chi connectivity index (χ1) is 9.08. The van der Waals surface area contributed by atoms with Crippen molar-refractivity contribution in [3.63, 3.8) is 0 Å². The highest BCUT2D eigenvalue weighted by atomic mass is 16.5. The number of hydrogen-bond donors (Lipinski definition) is 2. The van der Waals surface area contributed by atoms with Gasteiger partial charge in [0.2, 0.25) is 5.76 Å². The van der Waals surface area contributed by atoms with Crippen LogP contribution in [0.15, 0.2) is 28.8 Å². The van der Waals surface area contributed by atoms with Crippen molar-refractivity contribution in [2.45, 2.75) is 13.8 Å². The Kier molecular flexibility index (Phi) is 2.41. The molecule has 1 aromatic carbocycles. The summed E-state index contributed by atoms with van der Waals surface area (Å²) < 4.78 is 4.83. The molecule has 0 saturated heterocycles. The Balaban J connectivity index is 2.29.